The van der Waals surface area contributed by atoms with Gasteiger partial charge in [-0.2, -0.15) is 0 Å². The predicted molar refractivity (Wildman–Crippen MR) is 137 cm³/mol. The van der Waals surface area contributed by atoms with E-state index in [1.165, 1.54) is 24.1 Å². The number of para-hydroxylation sites is 1. The fourth-order valence-electron chi connectivity index (χ4n) is 3.91. The standard InChI is InChI=1S/C27H31N3O4S/c1-3-25(27(32)28-2)29(20-19-22-13-7-4-8-14-22)26(31)21-30(23-15-9-5-10-16-23)35(33,34)24-17-11-6-12-18-24/h4-18,25H,3,19-21H2,1-2H3,(H,28,32)/t25-/m1/s1. The Labute approximate surface area is 207 Å². The summed E-state index contributed by atoms with van der Waals surface area (Å²) in [6.07, 6.45) is 0.938. The van der Waals surface area contributed by atoms with Crippen LogP contribution in [-0.4, -0.2) is 51.3 Å². The normalized spacial score (nSPS) is 11.9. The van der Waals surface area contributed by atoms with Gasteiger partial charge in [0, 0.05) is 13.6 Å². The van der Waals surface area contributed by atoms with Gasteiger partial charge in [-0.1, -0.05) is 73.7 Å². The van der Waals surface area contributed by atoms with Crippen LogP contribution in [0, 0.1) is 0 Å². The first kappa shape index (κ1) is 26.0. The number of carbonyl (C=O) groups excluding carboxylic acids is 2. The van der Waals surface area contributed by atoms with Crippen LogP contribution >= 0.6 is 0 Å². The van der Waals surface area contributed by atoms with Crippen LogP contribution in [0.1, 0.15) is 18.9 Å². The molecule has 0 saturated heterocycles. The van der Waals surface area contributed by atoms with Crippen molar-refractivity contribution in [3.05, 3.63) is 96.6 Å². The molecule has 0 aliphatic heterocycles. The van der Waals surface area contributed by atoms with Gasteiger partial charge in [0.1, 0.15) is 12.6 Å². The molecule has 3 aromatic carbocycles. The summed E-state index contributed by atoms with van der Waals surface area (Å²) in [5.41, 5.74) is 1.40. The minimum Gasteiger partial charge on any atom is -0.357 e. The monoisotopic (exact) mass is 493 g/mol. The van der Waals surface area contributed by atoms with E-state index in [9.17, 15) is 18.0 Å². The quantitative estimate of drug-likeness (QED) is 0.443. The molecule has 0 spiro atoms. The van der Waals surface area contributed by atoms with E-state index in [2.05, 4.69) is 5.32 Å². The number of hydrogen-bond donors (Lipinski definition) is 1. The van der Waals surface area contributed by atoms with Gasteiger partial charge in [-0.25, -0.2) is 8.42 Å². The van der Waals surface area contributed by atoms with Gasteiger partial charge in [0.25, 0.3) is 10.0 Å². The van der Waals surface area contributed by atoms with Crippen molar-refractivity contribution in [2.75, 3.05) is 24.4 Å². The first-order valence-electron chi connectivity index (χ1n) is 11.6. The largest absolute Gasteiger partial charge is 0.357 e. The average Bonchev–Trinajstić information content (AvgIpc) is 2.90. The van der Waals surface area contributed by atoms with E-state index >= 15 is 0 Å². The molecule has 1 atom stereocenters. The molecule has 0 aromatic heterocycles. The van der Waals surface area contributed by atoms with Crippen molar-refractivity contribution in [1.29, 1.82) is 0 Å². The van der Waals surface area contributed by atoms with Crippen molar-refractivity contribution < 1.29 is 18.0 Å². The molecule has 35 heavy (non-hydrogen) atoms. The number of likely N-dealkylation sites (N-methyl/N-ethyl adjacent to an activating group) is 1. The van der Waals surface area contributed by atoms with Gasteiger partial charge in [0.05, 0.1) is 10.6 Å². The Bertz CT molecular complexity index is 1200. The minimum absolute atomic E-state index is 0.0887. The molecule has 0 radical (unpaired) electrons. The molecule has 0 unspecified atom stereocenters. The Balaban J connectivity index is 1.96. The number of amides is 2. The maximum atomic E-state index is 13.7. The van der Waals surface area contributed by atoms with Crippen molar-refractivity contribution in [3.8, 4) is 0 Å². The van der Waals surface area contributed by atoms with Gasteiger partial charge in [-0.3, -0.25) is 13.9 Å². The fraction of sp³-hybridized carbons (Fsp3) is 0.259. The lowest BCUT2D eigenvalue weighted by atomic mass is 10.1. The number of carbonyl (C=O) groups is 2. The maximum Gasteiger partial charge on any atom is 0.264 e. The minimum atomic E-state index is -4.02. The van der Waals surface area contributed by atoms with E-state index in [1.54, 1.807) is 48.5 Å². The number of nitrogens with one attached hydrogen (secondary N) is 1. The smallest absolute Gasteiger partial charge is 0.264 e. The van der Waals surface area contributed by atoms with E-state index in [0.29, 0.717) is 18.5 Å². The highest BCUT2D eigenvalue weighted by atomic mass is 32.2. The second-order valence-electron chi connectivity index (χ2n) is 8.02. The lowest BCUT2D eigenvalue weighted by molar-refractivity contribution is -0.139. The topological polar surface area (TPSA) is 86.8 Å². The zero-order valence-electron chi connectivity index (χ0n) is 20.0. The highest BCUT2D eigenvalue weighted by Crippen LogP contribution is 2.24. The third-order valence-corrected chi connectivity index (χ3v) is 7.56. The van der Waals surface area contributed by atoms with Crippen molar-refractivity contribution in [2.45, 2.75) is 30.7 Å². The van der Waals surface area contributed by atoms with Crippen LogP contribution in [0.4, 0.5) is 5.69 Å². The Kier molecular flexibility index (Phi) is 9.03. The van der Waals surface area contributed by atoms with Gasteiger partial charge in [0.2, 0.25) is 11.8 Å². The molecule has 3 rings (SSSR count). The Morgan fingerprint density at radius 3 is 1.94 bits per heavy atom. The highest BCUT2D eigenvalue weighted by molar-refractivity contribution is 7.92. The maximum absolute atomic E-state index is 13.7. The van der Waals surface area contributed by atoms with Gasteiger partial charge in [-0.05, 0) is 42.7 Å². The third-order valence-electron chi connectivity index (χ3n) is 5.77. The van der Waals surface area contributed by atoms with Gasteiger partial charge < -0.3 is 10.2 Å². The van der Waals surface area contributed by atoms with Crippen LogP contribution in [0.5, 0.6) is 0 Å². The van der Waals surface area contributed by atoms with E-state index in [0.717, 1.165) is 9.87 Å². The van der Waals surface area contributed by atoms with Crippen molar-refractivity contribution in [2.24, 2.45) is 0 Å². The Morgan fingerprint density at radius 2 is 1.40 bits per heavy atom. The molecule has 184 valence electrons. The van der Waals surface area contributed by atoms with E-state index in [1.807, 2.05) is 37.3 Å². The number of sulfonamides is 1. The summed E-state index contributed by atoms with van der Waals surface area (Å²) in [6.45, 7) is 1.69. The van der Waals surface area contributed by atoms with Crippen LogP contribution in [0.15, 0.2) is 95.9 Å². The third kappa shape index (κ3) is 6.48. The summed E-state index contributed by atoms with van der Waals surface area (Å²) in [5.74, 6) is -0.731. The second kappa shape index (κ2) is 12.2. The number of benzene rings is 3. The lowest BCUT2D eigenvalue weighted by Crippen LogP contribution is -2.52. The summed E-state index contributed by atoms with van der Waals surface area (Å²) in [7, 11) is -2.49. The van der Waals surface area contributed by atoms with E-state index in [-0.39, 0.29) is 17.3 Å². The first-order valence-corrected chi connectivity index (χ1v) is 13.0. The van der Waals surface area contributed by atoms with Gasteiger partial charge in [0.15, 0.2) is 0 Å². The molecule has 0 saturated carbocycles. The zero-order chi connectivity index (χ0) is 25.3. The molecular formula is C27H31N3O4S. The van der Waals surface area contributed by atoms with Crippen molar-refractivity contribution in [1.82, 2.24) is 10.2 Å². The van der Waals surface area contributed by atoms with Gasteiger partial charge >= 0.3 is 0 Å². The second-order valence-corrected chi connectivity index (χ2v) is 9.88. The SMILES string of the molecule is CC[C@H](C(=O)NC)N(CCc1ccccc1)C(=O)CN(c1ccccc1)S(=O)(=O)c1ccccc1. The molecule has 0 bridgehead atoms. The highest BCUT2D eigenvalue weighted by Gasteiger charge is 2.33. The molecule has 3 aromatic rings. The molecule has 0 heterocycles. The molecule has 2 amide bonds. The summed E-state index contributed by atoms with van der Waals surface area (Å²) in [6, 6.07) is 25.5. The van der Waals surface area contributed by atoms with Crippen molar-refractivity contribution in [3.63, 3.8) is 0 Å². The van der Waals surface area contributed by atoms with Crippen LogP contribution < -0.4 is 9.62 Å². The summed E-state index contributed by atoms with van der Waals surface area (Å²) < 4.78 is 28.3. The van der Waals surface area contributed by atoms with Crippen molar-refractivity contribution >= 4 is 27.5 Å². The Hall–Kier alpha value is -3.65. The number of hydrogen-bond acceptors (Lipinski definition) is 4. The molecule has 1 N–H and O–H groups in total. The van der Waals surface area contributed by atoms with Crippen LogP contribution in [0.2, 0.25) is 0 Å². The summed E-state index contributed by atoms with van der Waals surface area (Å²) in [4.78, 5) is 27.9. The number of anilines is 1. The van der Waals surface area contributed by atoms with Gasteiger partial charge in [-0.15, -0.1) is 0 Å². The van der Waals surface area contributed by atoms with E-state index in [4.69, 9.17) is 0 Å². The Morgan fingerprint density at radius 1 is 0.857 bits per heavy atom. The first-order chi connectivity index (χ1) is 16.9. The molecule has 0 aliphatic carbocycles. The molecular weight excluding hydrogens is 462 g/mol. The summed E-state index contributed by atoms with van der Waals surface area (Å²) in [5, 5.41) is 2.63. The molecule has 8 heteroatoms. The molecule has 0 fully saturated rings. The summed E-state index contributed by atoms with van der Waals surface area (Å²) >= 11 is 0. The van der Waals surface area contributed by atoms with Crippen LogP contribution in [0.3, 0.4) is 0 Å². The zero-order valence-corrected chi connectivity index (χ0v) is 20.8. The fourth-order valence-corrected chi connectivity index (χ4v) is 5.34. The average molecular weight is 494 g/mol. The van der Waals surface area contributed by atoms with Crippen LogP contribution in [-0.2, 0) is 26.0 Å². The number of nitrogens with zero attached hydrogens (tertiary/aromatic N) is 2. The molecule has 7 nitrogen and oxygen atoms in total. The molecule has 0 aliphatic rings. The van der Waals surface area contributed by atoms with Crippen LogP contribution in [0.25, 0.3) is 0 Å². The van der Waals surface area contributed by atoms with E-state index < -0.39 is 28.5 Å². The predicted octanol–water partition coefficient (Wildman–Crippen LogP) is 3.48. The lowest BCUT2D eigenvalue weighted by Gasteiger charge is -2.33. The number of rotatable bonds is 11.